The Hall–Kier alpha value is -1.71. The van der Waals surface area contributed by atoms with Gasteiger partial charge in [0.15, 0.2) is 0 Å². The van der Waals surface area contributed by atoms with E-state index in [0.717, 1.165) is 0 Å². The smallest absolute Gasteiger partial charge is 0.335 e. The van der Waals surface area contributed by atoms with Gasteiger partial charge in [0, 0.05) is 5.69 Å². The monoisotopic (exact) mass is 274 g/mol. The normalized spacial score (nSPS) is 9.58. The van der Waals surface area contributed by atoms with E-state index in [1.165, 1.54) is 12.1 Å². The standard InChI is InChI=1S/C7H7NO2.C4H11NO4/c8-6-3-1-5(2-4-6)7(9)10;6-1-3-8-5-9-4-2-7/h1-4H,8H2,(H,9,10);5-7H,1-4H2. The van der Waals surface area contributed by atoms with Gasteiger partial charge in [-0.2, -0.15) is 0 Å². The molecule has 0 bridgehead atoms. The fourth-order valence-electron chi connectivity index (χ4n) is 0.842. The van der Waals surface area contributed by atoms with Gasteiger partial charge in [0.25, 0.3) is 0 Å². The third-order valence-electron chi connectivity index (χ3n) is 1.66. The van der Waals surface area contributed by atoms with Crippen LogP contribution in [0.1, 0.15) is 10.4 Å². The Balaban J connectivity index is 0.000000344. The zero-order valence-corrected chi connectivity index (χ0v) is 10.3. The summed E-state index contributed by atoms with van der Waals surface area (Å²) in [4.78, 5) is 19.2. The van der Waals surface area contributed by atoms with Gasteiger partial charge in [-0.05, 0) is 24.3 Å². The van der Waals surface area contributed by atoms with E-state index in [9.17, 15) is 4.79 Å². The van der Waals surface area contributed by atoms with Gasteiger partial charge in [0.05, 0.1) is 32.0 Å². The molecule has 0 heterocycles. The van der Waals surface area contributed by atoms with Gasteiger partial charge >= 0.3 is 5.97 Å². The minimum Gasteiger partial charge on any atom is -0.478 e. The summed E-state index contributed by atoms with van der Waals surface area (Å²) in [6.07, 6.45) is 0. The first-order valence-electron chi connectivity index (χ1n) is 5.41. The van der Waals surface area contributed by atoms with Crippen LogP contribution in [0.2, 0.25) is 0 Å². The molecule has 19 heavy (non-hydrogen) atoms. The summed E-state index contributed by atoms with van der Waals surface area (Å²) in [6, 6.07) is 6.06. The van der Waals surface area contributed by atoms with Crippen LogP contribution >= 0.6 is 0 Å². The van der Waals surface area contributed by atoms with E-state index >= 15 is 0 Å². The molecule has 0 aliphatic rings. The Labute approximate surface area is 110 Å². The molecule has 0 aromatic heterocycles. The minimum absolute atomic E-state index is 0.0600. The molecule has 1 rings (SSSR count). The van der Waals surface area contributed by atoms with Crippen molar-refractivity contribution in [3.8, 4) is 0 Å². The molecule has 0 spiro atoms. The Bertz CT molecular complexity index is 338. The molecule has 0 radical (unpaired) electrons. The quantitative estimate of drug-likeness (QED) is 0.252. The van der Waals surface area contributed by atoms with Crippen LogP contribution in [0, 0.1) is 0 Å². The number of carboxylic acids is 1. The highest BCUT2D eigenvalue weighted by molar-refractivity contribution is 5.87. The van der Waals surface area contributed by atoms with Crippen LogP contribution in [-0.2, 0) is 9.68 Å². The van der Waals surface area contributed by atoms with Gasteiger partial charge in [-0.25, -0.2) is 4.79 Å². The van der Waals surface area contributed by atoms with Gasteiger partial charge in [-0.3, -0.25) is 9.68 Å². The number of anilines is 1. The molecule has 0 aliphatic heterocycles. The van der Waals surface area contributed by atoms with Crippen LogP contribution in [0.3, 0.4) is 0 Å². The highest BCUT2D eigenvalue weighted by Crippen LogP contribution is 2.04. The number of aliphatic hydroxyl groups is 2. The maximum atomic E-state index is 10.3. The second kappa shape index (κ2) is 11.4. The van der Waals surface area contributed by atoms with Crippen LogP contribution in [0.15, 0.2) is 24.3 Å². The fraction of sp³-hybridized carbons (Fsp3) is 0.364. The Kier molecular flexibility index (Phi) is 10.4. The molecule has 0 fully saturated rings. The van der Waals surface area contributed by atoms with E-state index in [1.807, 2.05) is 0 Å². The average Bonchev–Trinajstić information content (AvgIpc) is 2.40. The number of aliphatic hydroxyl groups excluding tert-OH is 2. The predicted octanol–water partition coefficient (Wildman–Crippen LogP) is -0.609. The van der Waals surface area contributed by atoms with E-state index in [0.29, 0.717) is 5.69 Å². The number of hydrogen-bond acceptors (Lipinski definition) is 7. The molecule has 0 amide bonds. The molecule has 108 valence electrons. The number of aromatic carboxylic acids is 1. The molecule has 8 nitrogen and oxygen atoms in total. The zero-order valence-electron chi connectivity index (χ0n) is 10.3. The SMILES string of the molecule is Nc1ccc(C(=O)O)cc1.OCCONOCCO. The topological polar surface area (TPSA) is 134 Å². The number of nitrogen functional groups attached to an aromatic ring is 1. The van der Waals surface area contributed by atoms with Gasteiger partial charge in [0.1, 0.15) is 0 Å². The minimum atomic E-state index is -0.931. The van der Waals surface area contributed by atoms with Crippen molar-refractivity contribution in [3.63, 3.8) is 0 Å². The Morgan fingerprint density at radius 1 is 1.11 bits per heavy atom. The predicted molar refractivity (Wildman–Crippen MR) is 67.0 cm³/mol. The van der Waals surface area contributed by atoms with Crippen molar-refractivity contribution in [2.24, 2.45) is 0 Å². The lowest BCUT2D eigenvalue weighted by Gasteiger charge is -2.01. The van der Waals surface area contributed by atoms with E-state index in [2.05, 4.69) is 15.3 Å². The van der Waals surface area contributed by atoms with Gasteiger partial charge in [-0.1, -0.05) is 5.64 Å². The van der Waals surface area contributed by atoms with Gasteiger partial charge in [0.2, 0.25) is 0 Å². The summed E-state index contributed by atoms with van der Waals surface area (Å²) in [5, 5.41) is 24.7. The summed E-state index contributed by atoms with van der Waals surface area (Å²) in [5.74, 6) is -0.931. The fourth-order valence-corrected chi connectivity index (χ4v) is 0.842. The number of nitrogens with two attached hydrogens (primary N) is 1. The van der Waals surface area contributed by atoms with Gasteiger partial charge in [-0.15, -0.1) is 0 Å². The van der Waals surface area contributed by atoms with Crippen LogP contribution in [0.25, 0.3) is 0 Å². The molecule has 0 aliphatic carbocycles. The van der Waals surface area contributed by atoms with Crippen LogP contribution in [0.5, 0.6) is 0 Å². The molecule has 0 saturated carbocycles. The highest BCUT2D eigenvalue weighted by Gasteiger charge is 1.98. The summed E-state index contributed by atoms with van der Waals surface area (Å²) < 4.78 is 0. The molecule has 0 atom stereocenters. The Morgan fingerprint density at radius 2 is 1.58 bits per heavy atom. The third kappa shape index (κ3) is 9.94. The summed E-state index contributed by atoms with van der Waals surface area (Å²) in [7, 11) is 0. The molecule has 1 aromatic rings. The number of benzene rings is 1. The maximum Gasteiger partial charge on any atom is 0.335 e. The highest BCUT2D eigenvalue weighted by atomic mass is 16.9. The van der Waals surface area contributed by atoms with Crippen molar-refractivity contribution in [3.05, 3.63) is 29.8 Å². The molecule has 1 aromatic carbocycles. The molecule has 0 unspecified atom stereocenters. The summed E-state index contributed by atoms with van der Waals surface area (Å²) in [5.41, 5.74) is 8.23. The maximum absolute atomic E-state index is 10.3. The number of nitrogens with one attached hydrogen (secondary N) is 1. The van der Waals surface area contributed by atoms with Crippen LogP contribution in [0.4, 0.5) is 5.69 Å². The van der Waals surface area contributed by atoms with E-state index < -0.39 is 5.97 Å². The number of rotatable bonds is 7. The van der Waals surface area contributed by atoms with Crippen molar-refractivity contribution in [1.29, 1.82) is 0 Å². The lowest BCUT2D eigenvalue weighted by Crippen LogP contribution is -2.19. The molecular formula is C11H18N2O6. The van der Waals surface area contributed by atoms with Gasteiger partial charge < -0.3 is 21.1 Å². The van der Waals surface area contributed by atoms with Crippen LogP contribution < -0.4 is 11.4 Å². The van der Waals surface area contributed by atoms with Crippen LogP contribution in [-0.4, -0.2) is 47.7 Å². The molecular weight excluding hydrogens is 256 g/mol. The lowest BCUT2D eigenvalue weighted by molar-refractivity contribution is -0.178. The summed E-state index contributed by atoms with van der Waals surface area (Å²) in [6.45, 7) is 0.224. The molecule has 0 saturated heterocycles. The second-order valence-corrected chi connectivity index (χ2v) is 3.15. The van der Waals surface area contributed by atoms with Crippen molar-refractivity contribution in [2.75, 3.05) is 32.2 Å². The van der Waals surface area contributed by atoms with Crippen molar-refractivity contribution < 1.29 is 29.8 Å². The van der Waals surface area contributed by atoms with E-state index in [-0.39, 0.29) is 32.0 Å². The number of hydrogen-bond donors (Lipinski definition) is 5. The van der Waals surface area contributed by atoms with Crippen molar-refractivity contribution in [1.82, 2.24) is 5.64 Å². The molecule has 8 heteroatoms. The first kappa shape index (κ1) is 17.3. The lowest BCUT2D eigenvalue weighted by atomic mass is 10.2. The average molecular weight is 274 g/mol. The van der Waals surface area contributed by atoms with E-state index in [4.69, 9.17) is 21.1 Å². The summed E-state index contributed by atoms with van der Waals surface area (Å²) >= 11 is 0. The number of carboxylic acid groups (broad SMARTS) is 1. The Morgan fingerprint density at radius 3 is 1.95 bits per heavy atom. The van der Waals surface area contributed by atoms with Crippen molar-refractivity contribution >= 4 is 11.7 Å². The van der Waals surface area contributed by atoms with E-state index in [1.54, 1.807) is 12.1 Å². The largest absolute Gasteiger partial charge is 0.478 e. The third-order valence-corrected chi connectivity index (χ3v) is 1.66. The zero-order chi connectivity index (χ0) is 14.5. The number of carbonyl (C=O) groups is 1. The first-order chi connectivity index (χ1) is 9.11. The second-order valence-electron chi connectivity index (χ2n) is 3.15. The van der Waals surface area contributed by atoms with Crippen molar-refractivity contribution in [2.45, 2.75) is 0 Å². The first-order valence-corrected chi connectivity index (χ1v) is 5.41. The molecule has 6 N–H and O–H groups in total.